The summed E-state index contributed by atoms with van der Waals surface area (Å²) in [6, 6.07) is 9.17. The van der Waals surface area contributed by atoms with Crippen LogP contribution in [0.15, 0.2) is 47.5 Å². The molecule has 0 aliphatic heterocycles. The second kappa shape index (κ2) is 4.53. The van der Waals surface area contributed by atoms with Crippen LogP contribution in [0.4, 0.5) is 0 Å². The number of hydrogen-bond acceptors (Lipinski definition) is 4. The number of hydrogen-bond donors (Lipinski definition) is 1. The zero-order chi connectivity index (χ0) is 13.2. The van der Waals surface area contributed by atoms with E-state index in [1.165, 1.54) is 0 Å². The summed E-state index contributed by atoms with van der Waals surface area (Å²) in [5.41, 5.74) is 1.28. The van der Waals surface area contributed by atoms with E-state index in [1.807, 2.05) is 24.3 Å². The number of nitrogens with one attached hydrogen (secondary N) is 1. The molecule has 5 nitrogen and oxygen atoms in total. The molecule has 5 heteroatoms. The van der Waals surface area contributed by atoms with Gasteiger partial charge in [0.05, 0.1) is 18.7 Å². The molecule has 3 aromatic rings. The van der Waals surface area contributed by atoms with Crippen molar-refractivity contribution in [3.8, 4) is 17.0 Å². The fraction of sp³-hybridized carbons (Fsp3) is 0.0714. The van der Waals surface area contributed by atoms with E-state index in [9.17, 15) is 4.79 Å². The fourth-order valence-electron chi connectivity index (χ4n) is 1.99. The van der Waals surface area contributed by atoms with Crippen LogP contribution in [-0.4, -0.2) is 22.3 Å². The number of aromatic nitrogens is 3. The molecule has 0 aliphatic rings. The molecule has 0 saturated carbocycles. The summed E-state index contributed by atoms with van der Waals surface area (Å²) < 4.78 is 5.15. The number of aromatic amines is 1. The Kier molecular flexibility index (Phi) is 2.72. The summed E-state index contributed by atoms with van der Waals surface area (Å²) in [6.07, 6.45) is 3.31. The van der Waals surface area contributed by atoms with Gasteiger partial charge in [0.2, 0.25) is 0 Å². The molecule has 1 N–H and O–H groups in total. The lowest BCUT2D eigenvalue weighted by atomic mass is 10.1. The quantitative estimate of drug-likeness (QED) is 0.758. The predicted octanol–water partition coefficient (Wildman–Crippen LogP) is 1.99. The first-order chi connectivity index (χ1) is 9.29. The summed E-state index contributed by atoms with van der Waals surface area (Å²) in [7, 11) is 1.58. The van der Waals surface area contributed by atoms with Crippen LogP contribution in [0.2, 0.25) is 0 Å². The molecule has 1 aromatic carbocycles. The van der Waals surface area contributed by atoms with Crippen molar-refractivity contribution < 1.29 is 4.74 Å². The number of H-pyrrole nitrogens is 1. The maximum Gasteiger partial charge on any atom is 0.272 e. The molecule has 0 spiro atoms. The number of rotatable bonds is 2. The van der Waals surface area contributed by atoms with Gasteiger partial charge < -0.3 is 4.74 Å². The van der Waals surface area contributed by atoms with E-state index < -0.39 is 0 Å². The van der Waals surface area contributed by atoms with Gasteiger partial charge in [0, 0.05) is 17.1 Å². The van der Waals surface area contributed by atoms with Crippen LogP contribution in [0.1, 0.15) is 0 Å². The monoisotopic (exact) mass is 253 g/mol. The highest BCUT2D eigenvalue weighted by molar-refractivity contribution is 5.93. The number of pyridine rings is 1. The number of methoxy groups -OCH3 is 1. The number of benzene rings is 1. The highest BCUT2D eigenvalue weighted by Gasteiger charge is 2.09. The van der Waals surface area contributed by atoms with Gasteiger partial charge in [-0.2, -0.15) is 5.10 Å². The number of fused-ring (bicyclic) bond motifs is 1. The first kappa shape index (κ1) is 11.4. The topological polar surface area (TPSA) is 67.9 Å². The maximum atomic E-state index is 11.7. The standard InChI is InChI=1S/C14H11N3O2/c1-19-10-6-9(7-15-8-10)13-11-4-2-3-5-12(11)14(18)17-16-13/h2-8H,1H3,(H,17,18). The molecule has 3 rings (SSSR count). The average Bonchev–Trinajstić information content (AvgIpc) is 2.48. The molecule has 2 heterocycles. The van der Waals surface area contributed by atoms with Crippen LogP contribution < -0.4 is 10.3 Å². The molecule has 0 radical (unpaired) electrons. The molecule has 19 heavy (non-hydrogen) atoms. The molecule has 0 unspecified atom stereocenters. The molecule has 0 aliphatic carbocycles. The third-order valence-electron chi connectivity index (χ3n) is 2.92. The van der Waals surface area contributed by atoms with Crippen LogP contribution >= 0.6 is 0 Å². The molecule has 2 aromatic heterocycles. The van der Waals surface area contributed by atoms with Crippen LogP contribution in [0.3, 0.4) is 0 Å². The molecule has 0 atom stereocenters. The van der Waals surface area contributed by atoms with Crippen LogP contribution in [0.5, 0.6) is 5.75 Å². The lowest BCUT2D eigenvalue weighted by Gasteiger charge is -2.06. The second-order valence-corrected chi connectivity index (χ2v) is 4.06. The van der Waals surface area contributed by atoms with Crippen LogP contribution in [0.25, 0.3) is 22.0 Å². The molecule has 94 valence electrons. The highest BCUT2D eigenvalue weighted by atomic mass is 16.5. The number of nitrogens with zero attached hydrogens (tertiary/aromatic N) is 2. The van der Waals surface area contributed by atoms with E-state index in [0.29, 0.717) is 16.8 Å². The fourth-order valence-corrected chi connectivity index (χ4v) is 1.99. The van der Waals surface area contributed by atoms with Crippen molar-refractivity contribution in [1.29, 1.82) is 0 Å². The Hall–Kier alpha value is -2.69. The average molecular weight is 253 g/mol. The largest absolute Gasteiger partial charge is 0.495 e. The van der Waals surface area contributed by atoms with Crippen molar-refractivity contribution in [2.45, 2.75) is 0 Å². The van der Waals surface area contributed by atoms with Crippen molar-refractivity contribution in [2.75, 3.05) is 7.11 Å². The van der Waals surface area contributed by atoms with E-state index in [4.69, 9.17) is 4.74 Å². The van der Waals surface area contributed by atoms with Gasteiger partial charge in [0.15, 0.2) is 0 Å². The van der Waals surface area contributed by atoms with Gasteiger partial charge in [0.25, 0.3) is 5.56 Å². The minimum absolute atomic E-state index is 0.199. The highest BCUT2D eigenvalue weighted by Crippen LogP contribution is 2.25. The summed E-state index contributed by atoms with van der Waals surface area (Å²) in [6.45, 7) is 0. The Morgan fingerprint density at radius 1 is 1.16 bits per heavy atom. The van der Waals surface area contributed by atoms with E-state index >= 15 is 0 Å². The Balaban J connectivity index is 2.31. The van der Waals surface area contributed by atoms with Gasteiger partial charge in [-0.25, -0.2) is 5.10 Å². The van der Waals surface area contributed by atoms with Gasteiger partial charge >= 0.3 is 0 Å². The van der Waals surface area contributed by atoms with Crippen molar-refractivity contribution in [2.24, 2.45) is 0 Å². The normalized spacial score (nSPS) is 10.6. The van der Waals surface area contributed by atoms with E-state index in [-0.39, 0.29) is 5.56 Å². The van der Waals surface area contributed by atoms with Crippen molar-refractivity contribution in [1.82, 2.24) is 15.2 Å². The summed E-state index contributed by atoms with van der Waals surface area (Å²) in [5, 5.41) is 8.02. The third-order valence-corrected chi connectivity index (χ3v) is 2.92. The van der Waals surface area contributed by atoms with Gasteiger partial charge in [0.1, 0.15) is 11.4 Å². The first-order valence-electron chi connectivity index (χ1n) is 5.76. The summed E-state index contributed by atoms with van der Waals surface area (Å²) in [5.74, 6) is 0.648. The Labute approximate surface area is 108 Å². The zero-order valence-corrected chi connectivity index (χ0v) is 10.3. The molecule has 0 amide bonds. The van der Waals surface area contributed by atoms with Gasteiger partial charge in [-0.15, -0.1) is 0 Å². The van der Waals surface area contributed by atoms with E-state index in [2.05, 4.69) is 15.2 Å². The minimum atomic E-state index is -0.199. The molecular weight excluding hydrogens is 242 g/mol. The van der Waals surface area contributed by atoms with Gasteiger partial charge in [-0.05, 0) is 12.1 Å². The maximum absolute atomic E-state index is 11.7. The Morgan fingerprint density at radius 3 is 2.74 bits per heavy atom. The molecule has 0 saturated heterocycles. The van der Waals surface area contributed by atoms with Crippen molar-refractivity contribution in [3.63, 3.8) is 0 Å². The smallest absolute Gasteiger partial charge is 0.272 e. The Morgan fingerprint density at radius 2 is 1.95 bits per heavy atom. The lowest BCUT2D eigenvalue weighted by Crippen LogP contribution is -2.09. The Bertz CT molecular complexity index is 796. The van der Waals surface area contributed by atoms with Crippen molar-refractivity contribution >= 4 is 10.8 Å². The lowest BCUT2D eigenvalue weighted by molar-refractivity contribution is 0.413. The third kappa shape index (κ3) is 1.95. The van der Waals surface area contributed by atoms with Crippen molar-refractivity contribution in [3.05, 3.63) is 53.1 Å². The van der Waals surface area contributed by atoms with E-state index in [1.54, 1.807) is 25.6 Å². The summed E-state index contributed by atoms with van der Waals surface area (Å²) >= 11 is 0. The first-order valence-corrected chi connectivity index (χ1v) is 5.76. The number of ether oxygens (including phenoxy) is 1. The van der Waals surface area contributed by atoms with Gasteiger partial charge in [-0.1, -0.05) is 18.2 Å². The van der Waals surface area contributed by atoms with Crippen LogP contribution in [0, 0.1) is 0 Å². The SMILES string of the molecule is COc1cncc(-c2n[nH]c(=O)c3ccccc23)c1. The zero-order valence-electron chi connectivity index (χ0n) is 10.3. The minimum Gasteiger partial charge on any atom is -0.495 e. The molecular formula is C14H11N3O2. The van der Waals surface area contributed by atoms with Gasteiger partial charge in [-0.3, -0.25) is 9.78 Å². The second-order valence-electron chi connectivity index (χ2n) is 4.06. The molecule has 0 fully saturated rings. The van der Waals surface area contributed by atoms with E-state index in [0.717, 1.165) is 10.9 Å². The van der Waals surface area contributed by atoms with Crippen LogP contribution in [-0.2, 0) is 0 Å². The predicted molar refractivity (Wildman–Crippen MR) is 72.1 cm³/mol. The summed E-state index contributed by atoms with van der Waals surface area (Å²) in [4.78, 5) is 15.8. The molecule has 0 bridgehead atoms.